The maximum atomic E-state index is 12.0. The fourth-order valence-electron chi connectivity index (χ4n) is 2.75. The highest BCUT2D eigenvalue weighted by Gasteiger charge is 2.24. The summed E-state index contributed by atoms with van der Waals surface area (Å²) in [5.74, 6) is 0.699. The SMILES string of the molecule is CCNC(=NCC(C)(C)NC(=O)OC(C)(C)C)NCCCCn1c(C)cccc1=O. The van der Waals surface area contributed by atoms with Gasteiger partial charge >= 0.3 is 6.09 Å². The van der Waals surface area contributed by atoms with Gasteiger partial charge in [0.25, 0.3) is 5.56 Å². The van der Waals surface area contributed by atoms with Gasteiger partial charge in [0.1, 0.15) is 5.60 Å². The Balaban J connectivity index is 2.49. The smallest absolute Gasteiger partial charge is 0.408 e. The summed E-state index contributed by atoms with van der Waals surface area (Å²) < 4.78 is 7.11. The van der Waals surface area contributed by atoms with Gasteiger partial charge in [-0.1, -0.05) is 6.07 Å². The molecule has 1 amide bonds. The van der Waals surface area contributed by atoms with E-state index in [2.05, 4.69) is 20.9 Å². The van der Waals surface area contributed by atoms with Crippen LogP contribution in [0.15, 0.2) is 28.0 Å². The van der Waals surface area contributed by atoms with Crippen LogP contribution in [0.2, 0.25) is 0 Å². The monoisotopic (exact) mass is 421 g/mol. The number of pyridine rings is 1. The number of guanidine groups is 1. The maximum absolute atomic E-state index is 12.0. The van der Waals surface area contributed by atoms with Crippen molar-refractivity contribution in [2.45, 2.75) is 79.0 Å². The molecule has 0 unspecified atom stereocenters. The number of unbranched alkanes of at least 4 members (excludes halogenated alkanes) is 1. The van der Waals surface area contributed by atoms with Crippen LogP contribution in [0.1, 0.15) is 60.1 Å². The number of aromatic nitrogens is 1. The average molecular weight is 422 g/mol. The standard InChI is InChI=1S/C22H39N5O3/c1-8-23-19(25-16-22(6,7)26-20(29)30-21(3,4)5)24-14-9-10-15-27-17(2)12-11-13-18(27)28/h11-13H,8-10,14-16H2,1-7H3,(H,26,29)(H2,23,24,25). The summed E-state index contributed by atoms with van der Waals surface area (Å²) in [7, 11) is 0. The first-order chi connectivity index (χ1) is 13.9. The first-order valence-corrected chi connectivity index (χ1v) is 10.6. The minimum absolute atomic E-state index is 0.0394. The van der Waals surface area contributed by atoms with Crippen molar-refractivity contribution in [1.82, 2.24) is 20.5 Å². The zero-order valence-corrected chi connectivity index (χ0v) is 19.6. The number of ether oxygens (including phenoxy) is 1. The molecule has 0 radical (unpaired) electrons. The van der Waals surface area contributed by atoms with Gasteiger partial charge in [-0.3, -0.25) is 9.79 Å². The maximum Gasteiger partial charge on any atom is 0.408 e. The lowest BCUT2D eigenvalue weighted by molar-refractivity contribution is 0.0476. The summed E-state index contributed by atoms with van der Waals surface area (Å²) in [6.07, 6.45) is 1.35. The number of rotatable bonds is 9. The van der Waals surface area contributed by atoms with E-state index in [-0.39, 0.29) is 5.56 Å². The number of carbonyl (C=O) groups is 1. The molecular formula is C22H39N5O3. The highest BCUT2D eigenvalue weighted by Crippen LogP contribution is 2.09. The highest BCUT2D eigenvalue weighted by molar-refractivity contribution is 5.79. The molecule has 0 aliphatic heterocycles. The van der Waals surface area contributed by atoms with Gasteiger partial charge in [0.05, 0.1) is 12.1 Å². The van der Waals surface area contributed by atoms with Crippen LogP contribution in [0.5, 0.6) is 0 Å². The lowest BCUT2D eigenvalue weighted by Gasteiger charge is -2.27. The first kappa shape index (κ1) is 25.5. The molecule has 0 aliphatic carbocycles. The lowest BCUT2D eigenvalue weighted by Crippen LogP contribution is -2.49. The van der Waals surface area contributed by atoms with Gasteiger partial charge in [-0.05, 0) is 67.4 Å². The summed E-state index contributed by atoms with van der Waals surface area (Å²) in [6, 6.07) is 5.32. The second-order valence-corrected chi connectivity index (χ2v) is 9.00. The van der Waals surface area contributed by atoms with Crippen molar-refractivity contribution >= 4 is 12.1 Å². The first-order valence-electron chi connectivity index (χ1n) is 10.6. The molecule has 1 aromatic heterocycles. The minimum atomic E-state index is -0.545. The number of nitrogens with one attached hydrogen (secondary N) is 3. The minimum Gasteiger partial charge on any atom is -0.444 e. The van der Waals surface area contributed by atoms with Crippen LogP contribution in [0.3, 0.4) is 0 Å². The van der Waals surface area contributed by atoms with E-state index in [1.54, 1.807) is 16.7 Å². The summed E-state index contributed by atoms with van der Waals surface area (Å²) in [5, 5.41) is 9.38. The van der Waals surface area contributed by atoms with Crippen molar-refractivity contribution in [1.29, 1.82) is 0 Å². The van der Waals surface area contributed by atoms with Crippen LogP contribution < -0.4 is 21.5 Å². The van der Waals surface area contributed by atoms with Crippen molar-refractivity contribution in [3.8, 4) is 0 Å². The van der Waals surface area contributed by atoms with Crippen molar-refractivity contribution < 1.29 is 9.53 Å². The van der Waals surface area contributed by atoms with Crippen LogP contribution in [0, 0.1) is 6.92 Å². The lowest BCUT2D eigenvalue weighted by atomic mass is 10.1. The van der Waals surface area contributed by atoms with E-state index in [1.807, 2.05) is 54.5 Å². The zero-order chi connectivity index (χ0) is 22.8. The molecule has 0 saturated heterocycles. The Morgan fingerprint density at radius 2 is 1.83 bits per heavy atom. The van der Waals surface area contributed by atoms with Crippen molar-refractivity contribution in [2.75, 3.05) is 19.6 Å². The Bertz CT molecular complexity index is 763. The summed E-state index contributed by atoms with van der Waals surface area (Å²) in [4.78, 5) is 28.5. The second-order valence-electron chi connectivity index (χ2n) is 9.00. The van der Waals surface area contributed by atoms with Crippen LogP contribution in [0.25, 0.3) is 0 Å². The van der Waals surface area contributed by atoms with E-state index >= 15 is 0 Å². The van der Waals surface area contributed by atoms with E-state index in [0.717, 1.165) is 31.6 Å². The summed E-state index contributed by atoms with van der Waals surface area (Å²) in [5.41, 5.74) is -0.0670. The fourth-order valence-corrected chi connectivity index (χ4v) is 2.75. The summed E-state index contributed by atoms with van der Waals surface area (Å²) in [6.45, 7) is 15.9. The third-order valence-electron chi connectivity index (χ3n) is 4.18. The zero-order valence-electron chi connectivity index (χ0n) is 19.6. The molecule has 1 heterocycles. The van der Waals surface area contributed by atoms with E-state index < -0.39 is 17.2 Å². The molecule has 0 atom stereocenters. The number of nitrogens with zero attached hydrogens (tertiary/aromatic N) is 2. The van der Waals surface area contributed by atoms with Crippen LogP contribution in [-0.4, -0.2) is 47.4 Å². The molecule has 0 fully saturated rings. The Hall–Kier alpha value is -2.51. The topological polar surface area (TPSA) is 96.8 Å². The Morgan fingerprint density at radius 3 is 2.43 bits per heavy atom. The van der Waals surface area contributed by atoms with Gasteiger partial charge in [0.2, 0.25) is 0 Å². The number of hydrogen-bond acceptors (Lipinski definition) is 4. The van der Waals surface area contributed by atoms with Gasteiger partial charge in [0.15, 0.2) is 5.96 Å². The van der Waals surface area contributed by atoms with Crippen LogP contribution in [-0.2, 0) is 11.3 Å². The van der Waals surface area contributed by atoms with Crippen molar-refractivity contribution in [3.63, 3.8) is 0 Å². The number of alkyl carbamates (subject to hydrolysis) is 1. The molecule has 8 nitrogen and oxygen atoms in total. The quantitative estimate of drug-likeness (QED) is 0.324. The largest absolute Gasteiger partial charge is 0.444 e. The molecule has 3 N–H and O–H groups in total. The van der Waals surface area contributed by atoms with Crippen LogP contribution >= 0.6 is 0 Å². The number of carbonyl (C=O) groups excluding carboxylic acids is 1. The van der Waals surface area contributed by atoms with E-state index in [4.69, 9.17) is 4.74 Å². The third-order valence-corrected chi connectivity index (χ3v) is 4.18. The van der Waals surface area contributed by atoms with E-state index in [9.17, 15) is 9.59 Å². The molecule has 30 heavy (non-hydrogen) atoms. The molecular weight excluding hydrogens is 382 g/mol. The van der Waals surface area contributed by atoms with E-state index in [1.165, 1.54) is 0 Å². The molecule has 1 rings (SSSR count). The Labute approximate surface area is 180 Å². The normalized spacial score (nSPS) is 12.4. The molecule has 0 spiro atoms. The number of aliphatic imine (C=N–C) groups is 1. The van der Waals surface area contributed by atoms with Gasteiger partial charge in [-0.15, -0.1) is 0 Å². The fraction of sp³-hybridized carbons (Fsp3) is 0.682. The predicted octanol–water partition coefficient (Wildman–Crippen LogP) is 2.80. The van der Waals surface area contributed by atoms with Gasteiger partial charge in [-0.2, -0.15) is 0 Å². The van der Waals surface area contributed by atoms with Gasteiger partial charge in [0, 0.05) is 31.4 Å². The molecule has 0 bridgehead atoms. The number of amides is 1. The molecule has 0 aliphatic rings. The van der Waals surface area contributed by atoms with Gasteiger partial charge < -0.3 is 25.3 Å². The van der Waals surface area contributed by atoms with Gasteiger partial charge in [-0.25, -0.2) is 4.79 Å². The summed E-state index contributed by atoms with van der Waals surface area (Å²) >= 11 is 0. The molecule has 170 valence electrons. The van der Waals surface area contributed by atoms with Crippen molar-refractivity contribution in [3.05, 3.63) is 34.2 Å². The average Bonchev–Trinajstić information content (AvgIpc) is 2.59. The third kappa shape index (κ3) is 10.3. The predicted molar refractivity (Wildman–Crippen MR) is 122 cm³/mol. The molecule has 0 aromatic carbocycles. The highest BCUT2D eigenvalue weighted by atomic mass is 16.6. The molecule has 0 saturated carbocycles. The number of aryl methyl sites for hydroxylation is 1. The van der Waals surface area contributed by atoms with Crippen molar-refractivity contribution in [2.24, 2.45) is 4.99 Å². The Kier molecular flexibility index (Phi) is 9.89. The van der Waals surface area contributed by atoms with Crippen LogP contribution in [0.4, 0.5) is 4.79 Å². The Morgan fingerprint density at radius 1 is 1.13 bits per heavy atom. The molecule has 1 aromatic rings. The second kappa shape index (κ2) is 11.6. The number of hydrogen-bond donors (Lipinski definition) is 3. The molecule has 8 heteroatoms. The van der Waals surface area contributed by atoms with E-state index in [0.29, 0.717) is 19.0 Å².